The summed E-state index contributed by atoms with van der Waals surface area (Å²) >= 11 is 0. The molecule has 1 spiro atoms. The molecule has 100 valence electrons. The molecule has 0 aliphatic carbocycles. The molecular weight excluding hydrogens is 242 g/mol. The predicted molar refractivity (Wildman–Crippen MR) is 73.1 cm³/mol. The molecule has 2 aliphatic heterocycles. The number of piperidine rings is 1. The molecule has 2 fully saturated rings. The monoisotopic (exact) mass is 259 g/mol. The van der Waals surface area contributed by atoms with E-state index in [4.69, 9.17) is 14.9 Å². The van der Waals surface area contributed by atoms with Gasteiger partial charge in [-0.3, -0.25) is 0 Å². The van der Waals surface area contributed by atoms with Crippen LogP contribution in [-0.4, -0.2) is 31.3 Å². The Labute approximate surface area is 111 Å². The highest BCUT2D eigenvalue weighted by Gasteiger charge is 2.41. The van der Waals surface area contributed by atoms with Crippen molar-refractivity contribution in [3.63, 3.8) is 0 Å². The molecule has 19 heavy (non-hydrogen) atoms. The predicted octanol–water partition coefficient (Wildman–Crippen LogP) is 2.03. The highest BCUT2D eigenvalue weighted by molar-refractivity contribution is 5.78. The quantitative estimate of drug-likeness (QED) is 0.794. The summed E-state index contributed by atoms with van der Waals surface area (Å²) in [4.78, 5) is 6.76. The molecule has 5 heteroatoms. The Morgan fingerprint density at radius 2 is 2.00 bits per heavy atom. The topological polar surface area (TPSA) is 64.5 Å². The molecule has 0 radical (unpaired) electrons. The van der Waals surface area contributed by atoms with Crippen molar-refractivity contribution >= 4 is 22.8 Å². The first-order chi connectivity index (χ1) is 9.24. The molecule has 2 saturated heterocycles. The highest BCUT2D eigenvalue weighted by Crippen LogP contribution is 2.39. The van der Waals surface area contributed by atoms with E-state index in [0.717, 1.165) is 61.9 Å². The molecule has 1 aromatic heterocycles. The Morgan fingerprint density at radius 1 is 1.21 bits per heavy atom. The molecule has 0 unspecified atom stereocenters. The van der Waals surface area contributed by atoms with Crippen molar-refractivity contribution in [1.82, 2.24) is 4.98 Å². The van der Waals surface area contributed by atoms with Gasteiger partial charge in [-0.1, -0.05) is 0 Å². The maximum atomic E-state index is 5.81. The number of nitrogen functional groups attached to an aromatic ring is 1. The summed E-state index contributed by atoms with van der Waals surface area (Å²) in [6.07, 6.45) is 2.32. The van der Waals surface area contributed by atoms with Crippen LogP contribution in [0.1, 0.15) is 12.8 Å². The third-order valence-corrected chi connectivity index (χ3v) is 4.31. The van der Waals surface area contributed by atoms with E-state index < -0.39 is 0 Å². The highest BCUT2D eigenvalue weighted by atomic mass is 16.5. The summed E-state index contributed by atoms with van der Waals surface area (Å²) in [5, 5.41) is 0. The van der Waals surface area contributed by atoms with Crippen LogP contribution in [0.3, 0.4) is 0 Å². The molecule has 4 rings (SSSR count). The van der Waals surface area contributed by atoms with Gasteiger partial charge >= 0.3 is 0 Å². The molecule has 2 aliphatic rings. The minimum atomic E-state index is 0.437. The van der Waals surface area contributed by atoms with Gasteiger partial charge in [0.1, 0.15) is 5.52 Å². The van der Waals surface area contributed by atoms with Gasteiger partial charge in [0.2, 0.25) is 0 Å². The van der Waals surface area contributed by atoms with Crippen molar-refractivity contribution in [2.45, 2.75) is 12.8 Å². The van der Waals surface area contributed by atoms with E-state index in [2.05, 4.69) is 9.88 Å². The van der Waals surface area contributed by atoms with E-state index in [1.54, 1.807) is 0 Å². The lowest BCUT2D eigenvalue weighted by atomic mass is 9.77. The lowest BCUT2D eigenvalue weighted by Gasteiger charge is -2.46. The number of hydrogen-bond acceptors (Lipinski definition) is 5. The van der Waals surface area contributed by atoms with Gasteiger partial charge in [-0.15, -0.1) is 0 Å². The van der Waals surface area contributed by atoms with E-state index in [0.29, 0.717) is 5.41 Å². The van der Waals surface area contributed by atoms with E-state index >= 15 is 0 Å². The second-order valence-electron chi connectivity index (χ2n) is 5.70. The molecule has 0 saturated carbocycles. The SMILES string of the molecule is Nc1ccc2oc(N3CCC4(CC3)COC4)nc2c1. The van der Waals surface area contributed by atoms with Crippen molar-refractivity contribution in [3.8, 4) is 0 Å². The largest absolute Gasteiger partial charge is 0.423 e. The Hall–Kier alpha value is -1.75. The number of oxazole rings is 1. The number of rotatable bonds is 1. The number of hydrogen-bond donors (Lipinski definition) is 1. The summed E-state index contributed by atoms with van der Waals surface area (Å²) in [7, 11) is 0. The molecular formula is C14H17N3O2. The van der Waals surface area contributed by atoms with E-state index in [1.807, 2.05) is 18.2 Å². The fourth-order valence-electron chi connectivity index (χ4n) is 2.92. The zero-order valence-electron chi connectivity index (χ0n) is 10.8. The van der Waals surface area contributed by atoms with Gasteiger partial charge in [0, 0.05) is 24.2 Å². The lowest BCUT2D eigenvalue weighted by molar-refractivity contribution is -0.124. The molecule has 5 nitrogen and oxygen atoms in total. The van der Waals surface area contributed by atoms with E-state index in [9.17, 15) is 0 Å². The summed E-state index contributed by atoms with van der Waals surface area (Å²) in [5.74, 6) is 0. The second-order valence-corrected chi connectivity index (χ2v) is 5.70. The fraction of sp³-hybridized carbons (Fsp3) is 0.500. The Kier molecular flexibility index (Phi) is 2.26. The maximum Gasteiger partial charge on any atom is 0.298 e. The molecule has 0 atom stereocenters. The Bertz CT molecular complexity index is 608. The summed E-state index contributed by atoms with van der Waals surface area (Å²) in [6.45, 7) is 3.83. The van der Waals surface area contributed by atoms with Crippen molar-refractivity contribution in [2.24, 2.45) is 5.41 Å². The zero-order chi connectivity index (χ0) is 12.9. The summed E-state index contributed by atoms with van der Waals surface area (Å²) < 4.78 is 11.2. The summed E-state index contributed by atoms with van der Waals surface area (Å²) in [5.41, 5.74) is 8.56. The van der Waals surface area contributed by atoms with Gasteiger partial charge in [-0.25, -0.2) is 0 Å². The average molecular weight is 259 g/mol. The standard InChI is InChI=1S/C14H17N3O2/c15-10-1-2-12-11(7-10)16-13(19-12)17-5-3-14(4-6-17)8-18-9-14/h1-2,7H,3-6,8-9,15H2. The van der Waals surface area contributed by atoms with Crippen molar-refractivity contribution in [2.75, 3.05) is 36.9 Å². The second kappa shape index (κ2) is 3.87. The summed E-state index contributed by atoms with van der Waals surface area (Å²) in [6, 6.07) is 6.30. The van der Waals surface area contributed by atoms with Crippen LogP contribution in [0.5, 0.6) is 0 Å². The van der Waals surface area contributed by atoms with Crippen LogP contribution in [0, 0.1) is 5.41 Å². The first-order valence-electron chi connectivity index (χ1n) is 6.73. The minimum Gasteiger partial charge on any atom is -0.423 e. The number of aromatic nitrogens is 1. The van der Waals surface area contributed by atoms with Crippen molar-refractivity contribution in [3.05, 3.63) is 18.2 Å². The third kappa shape index (κ3) is 1.76. The fourth-order valence-corrected chi connectivity index (χ4v) is 2.92. The van der Waals surface area contributed by atoms with E-state index in [1.165, 1.54) is 0 Å². The van der Waals surface area contributed by atoms with Gasteiger partial charge in [0.15, 0.2) is 5.58 Å². The van der Waals surface area contributed by atoms with E-state index in [-0.39, 0.29) is 0 Å². The molecule has 0 bridgehead atoms. The molecule has 2 N–H and O–H groups in total. The van der Waals surface area contributed by atoms with Crippen LogP contribution in [-0.2, 0) is 4.74 Å². The van der Waals surface area contributed by atoms with Crippen LogP contribution >= 0.6 is 0 Å². The minimum absolute atomic E-state index is 0.437. The Morgan fingerprint density at radius 3 is 2.68 bits per heavy atom. The van der Waals surface area contributed by atoms with Crippen molar-refractivity contribution < 1.29 is 9.15 Å². The first kappa shape index (κ1) is 11.1. The number of fused-ring (bicyclic) bond motifs is 1. The first-order valence-corrected chi connectivity index (χ1v) is 6.73. The number of benzene rings is 1. The van der Waals surface area contributed by atoms with Gasteiger partial charge in [0.25, 0.3) is 6.01 Å². The number of nitrogens with zero attached hydrogens (tertiary/aromatic N) is 2. The van der Waals surface area contributed by atoms with Crippen molar-refractivity contribution in [1.29, 1.82) is 0 Å². The lowest BCUT2D eigenvalue weighted by Crippen LogP contribution is -2.51. The Balaban J connectivity index is 1.57. The zero-order valence-corrected chi connectivity index (χ0v) is 10.8. The molecule has 2 aromatic rings. The van der Waals surface area contributed by atoms with Crippen LogP contribution in [0.15, 0.2) is 22.6 Å². The van der Waals surface area contributed by atoms with Gasteiger partial charge < -0.3 is 19.8 Å². The number of ether oxygens (including phenoxy) is 1. The smallest absolute Gasteiger partial charge is 0.298 e. The van der Waals surface area contributed by atoms with Crippen LogP contribution in [0.4, 0.5) is 11.7 Å². The molecule has 3 heterocycles. The number of nitrogens with two attached hydrogens (primary N) is 1. The number of anilines is 2. The van der Waals surface area contributed by atoms with Crippen LogP contribution < -0.4 is 10.6 Å². The van der Waals surface area contributed by atoms with Crippen LogP contribution in [0.25, 0.3) is 11.1 Å². The van der Waals surface area contributed by atoms with Gasteiger partial charge in [-0.2, -0.15) is 4.98 Å². The molecule has 1 aromatic carbocycles. The normalized spacial score (nSPS) is 21.8. The average Bonchev–Trinajstić information content (AvgIpc) is 2.80. The molecule has 0 amide bonds. The maximum absolute atomic E-state index is 5.81. The van der Waals surface area contributed by atoms with Crippen LogP contribution in [0.2, 0.25) is 0 Å². The van der Waals surface area contributed by atoms with Gasteiger partial charge in [0.05, 0.1) is 13.2 Å². The third-order valence-electron chi connectivity index (χ3n) is 4.31. The van der Waals surface area contributed by atoms with Gasteiger partial charge in [-0.05, 0) is 31.0 Å².